The molecule has 0 spiro atoms. The zero-order valence-corrected chi connectivity index (χ0v) is 13.1. The van der Waals surface area contributed by atoms with Crippen LogP contribution in [0, 0.1) is 12.7 Å². The molecule has 21 heavy (non-hydrogen) atoms. The molecule has 0 saturated heterocycles. The van der Waals surface area contributed by atoms with Crippen molar-refractivity contribution in [3.05, 3.63) is 29.6 Å². The average molecular weight is 297 g/mol. The van der Waals surface area contributed by atoms with Crippen molar-refractivity contribution < 1.29 is 18.7 Å². The maximum atomic E-state index is 13.8. The van der Waals surface area contributed by atoms with Crippen molar-refractivity contribution in [3.8, 4) is 5.75 Å². The fourth-order valence-electron chi connectivity index (χ4n) is 1.93. The van der Waals surface area contributed by atoms with E-state index in [4.69, 9.17) is 9.47 Å². The molecule has 1 atom stereocenters. The molecule has 1 rings (SSSR count). The van der Waals surface area contributed by atoms with Gasteiger partial charge in [0.15, 0.2) is 11.6 Å². The number of hydrogen-bond donors (Lipinski definition) is 1. The van der Waals surface area contributed by atoms with Crippen molar-refractivity contribution in [1.29, 1.82) is 0 Å². The molecular formula is C16H24FNO3. The molecule has 0 heterocycles. The summed E-state index contributed by atoms with van der Waals surface area (Å²) in [4.78, 5) is 11.8. The van der Waals surface area contributed by atoms with Crippen molar-refractivity contribution in [3.63, 3.8) is 0 Å². The van der Waals surface area contributed by atoms with E-state index < -0.39 is 6.04 Å². The summed E-state index contributed by atoms with van der Waals surface area (Å²) in [6.45, 7) is 7.93. The molecule has 1 aromatic rings. The molecule has 0 aliphatic carbocycles. The number of carbonyl (C=O) groups excluding carboxylic acids is 1. The monoisotopic (exact) mass is 297 g/mol. The van der Waals surface area contributed by atoms with Crippen LogP contribution in [0.5, 0.6) is 5.75 Å². The van der Waals surface area contributed by atoms with Crippen LogP contribution in [0.15, 0.2) is 18.2 Å². The SMILES string of the molecule is CCOC(=O)C(CCOc1cccc(C)c1F)NC(C)C. The zero-order valence-electron chi connectivity index (χ0n) is 13.1. The molecule has 118 valence electrons. The van der Waals surface area contributed by atoms with Gasteiger partial charge in [-0.15, -0.1) is 0 Å². The van der Waals surface area contributed by atoms with Crippen LogP contribution in [-0.4, -0.2) is 31.3 Å². The molecule has 0 amide bonds. The largest absolute Gasteiger partial charge is 0.490 e. The zero-order chi connectivity index (χ0) is 15.8. The smallest absolute Gasteiger partial charge is 0.323 e. The lowest BCUT2D eigenvalue weighted by atomic mass is 10.2. The lowest BCUT2D eigenvalue weighted by Crippen LogP contribution is -2.42. The van der Waals surface area contributed by atoms with E-state index in [1.54, 1.807) is 32.0 Å². The highest BCUT2D eigenvalue weighted by atomic mass is 19.1. The van der Waals surface area contributed by atoms with Crippen LogP contribution in [0.2, 0.25) is 0 Å². The van der Waals surface area contributed by atoms with Crippen LogP contribution in [0.1, 0.15) is 32.8 Å². The van der Waals surface area contributed by atoms with Gasteiger partial charge in [-0.25, -0.2) is 4.39 Å². The maximum Gasteiger partial charge on any atom is 0.323 e. The van der Waals surface area contributed by atoms with Gasteiger partial charge in [0.2, 0.25) is 0 Å². The summed E-state index contributed by atoms with van der Waals surface area (Å²) in [6.07, 6.45) is 0.421. The predicted octanol–water partition coefficient (Wildman–Crippen LogP) is 2.83. The molecule has 0 bridgehead atoms. The third-order valence-electron chi connectivity index (χ3n) is 2.93. The number of carbonyl (C=O) groups is 1. The van der Waals surface area contributed by atoms with Crippen LogP contribution in [0.4, 0.5) is 4.39 Å². The third kappa shape index (κ3) is 5.71. The lowest BCUT2D eigenvalue weighted by Gasteiger charge is -2.20. The fourth-order valence-corrected chi connectivity index (χ4v) is 1.93. The van der Waals surface area contributed by atoms with Gasteiger partial charge >= 0.3 is 5.97 Å². The van der Waals surface area contributed by atoms with Gasteiger partial charge in [-0.2, -0.15) is 0 Å². The first-order chi connectivity index (χ1) is 9.95. The van der Waals surface area contributed by atoms with E-state index >= 15 is 0 Å². The molecule has 1 aromatic carbocycles. The Morgan fingerprint density at radius 2 is 2.10 bits per heavy atom. The van der Waals surface area contributed by atoms with Gasteiger partial charge in [-0.3, -0.25) is 4.79 Å². The number of halogens is 1. The number of esters is 1. The number of nitrogens with one attached hydrogen (secondary N) is 1. The first-order valence-electron chi connectivity index (χ1n) is 7.26. The topological polar surface area (TPSA) is 47.6 Å². The number of rotatable bonds is 8. The molecule has 0 aromatic heterocycles. The van der Waals surface area contributed by atoms with E-state index in [0.717, 1.165) is 0 Å². The van der Waals surface area contributed by atoms with Gasteiger partial charge in [-0.05, 0) is 25.5 Å². The van der Waals surface area contributed by atoms with Gasteiger partial charge in [0.05, 0.1) is 13.2 Å². The second-order valence-corrected chi connectivity index (χ2v) is 5.15. The van der Waals surface area contributed by atoms with Gasteiger partial charge in [0, 0.05) is 12.5 Å². The summed E-state index contributed by atoms with van der Waals surface area (Å²) in [5, 5.41) is 3.13. The van der Waals surface area contributed by atoms with E-state index in [9.17, 15) is 9.18 Å². The summed E-state index contributed by atoms with van der Waals surface area (Å²) in [5.41, 5.74) is 0.537. The summed E-state index contributed by atoms with van der Waals surface area (Å²) < 4.78 is 24.2. The van der Waals surface area contributed by atoms with Crippen LogP contribution < -0.4 is 10.1 Å². The molecule has 5 heteroatoms. The maximum absolute atomic E-state index is 13.8. The minimum absolute atomic E-state index is 0.148. The molecular weight excluding hydrogens is 273 g/mol. The van der Waals surface area contributed by atoms with Gasteiger partial charge < -0.3 is 14.8 Å². The van der Waals surface area contributed by atoms with E-state index in [-0.39, 0.29) is 30.2 Å². The Hall–Kier alpha value is -1.62. The molecule has 0 saturated carbocycles. The van der Waals surface area contributed by atoms with Crippen molar-refractivity contribution in [1.82, 2.24) is 5.32 Å². The summed E-state index contributed by atoms with van der Waals surface area (Å²) in [6, 6.07) is 4.71. The summed E-state index contributed by atoms with van der Waals surface area (Å²) >= 11 is 0. The summed E-state index contributed by atoms with van der Waals surface area (Å²) in [7, 11) is 0. The Morgan fingerprint density at radius 1 is 1.38 bits per heavy atom. The summed E-state index contributed by atoms with van der Waals surface area (Å²) in [5.74, 6) is -0.455. The van der Waals surface area contributed by atoms with Gasteiger partial charge in [0.1, 0.15) is 6.04 Å². The Morgan fingerprint density at radius 3 is 2.71 bits per heavy atom. The fraction of sp³-hybridized carbons (Fsp3) is 0.562. The van der Waals surface area contributed by atoms with E-state index in [0.29, 0.717) is 18.6 Å². The predicted molar refractivity (Wildman–Crippen MR) is 79.9 cm³/mol. The molecule has 0 aliphatic heterocycles. The number of ether oxygens (including phenoxy) is 2. The standard InChI is InChI=1S/C16H24FNO3/c1-5-20-16(19)13(18-11(2)3)9-10-21-14-8-6-7-12(4)15(14)17/h6-8,11,13,18H,5,9-10H2,1-4H3. The Bertz CT molecular complexity index is 463. The molecule has 0 radical (unpaired) electrons. The highest BCUT2D eigenvalue weighted by Gasteiger charge is 2.20. The Balaban J connectivity index is 2.56. The molecule has 1 N–H and O–H groups in total. The molecule has 0 aliphatic rings. The molecule has 0 fully saturated rings. The van der Waals surface area contributed by atoms with E-state index in [1.807, 2.05) is 13.8 Å². The van der Waals surface area contributed by atoms with Crippen LogP contribution >= 0.6 is 0 Å². The number of hydrogen-bond acceptors (Lipinski definition) is 4. The Labute approximate surface area is 125 Å². The minimum Gasteiger partial charge on any atom is -0.490 e. The average Bonchev–Trinajstić information content (AvgIpc) is 2.42. The van der Waals surface area contributed by atoms with E-state index in [2.05, 4.69) is 5.32 Å². The van der Waals surface area contributed by atoms with Crippen LogP contribution in [-0.2, 0) is 9.53 Å². The van der Waals surface area contributed by atoms with Crippen LogP contribution in [0.25, 0.3) is 0 Å². The van der Waals surface area contributed by atoms with Gasteiger partial charge in [-0.1, -0.05) is 26.0 Å². The minimum atomic E-state index is -0.446. The lowest BCUT2D eigenvalue weighted by molar-refractivity contribution is -0.146. The van der Waals surface area contributed by atoms with Crippen LogP contribution in [0.3, 0.4) is 0 Å². The molecule has 1 unspecified atom stereocenters. The normalized spacial score (nSPS) is 12.3. The van der Waals surface area contributed by atoms with E-state index in [1.165, 1.54) is 0 Å². The van der Waals surface area contributed by atoms with Crippen molar-refractivity contribution >= 4 is 5.97 Å². The van der Waals surface area contributed by atoms with Gasteiger partial charge in [0.25, 0.3) is 0 Å². The van der Waals surface area contributed by atoms with Crippen molar-refractivity contribution in [2.45, 2.75) is 46.2 Å². The first kappa shape index (κ1) is 17.4. The number of aryl methyl sites for hydroxylation is 1. The first-order valence-corrected chi connectivity index (χ1v) is 7.26. The number of benzene rings is 1. The quantitative estimate of drug-likeness (QED) is 0.750. The highest BCUT2D eigenvalue weighted by Crippen LogP contribution is 2.19. The third-order valence-corrected chi connectivity index (χ3v) is 2.93. The molecule has 4 nitrogen and oxygen atoms in total. The second kappa shape index (κ2) is 8.62. The highest BCUT2D eigenvalue weighted by molar-refractivity contribution is 5.75. The Kier molecular flexibility index (Phi) is 7.15. The van der Waals surface area contributed by atoms with Crippen molar-refractivity contribution in [2.24, 2.45) is 0 Å². The second-order valence-electron chi connectivity index (χ2n) is 5.15. The van der Waals surface area contributed by atoms with Crippen molar-refractivity contribution in [2.75, 3.05) is 13.2 Å².